The van der Waals surface area contributed by atoms with E-state index >= 15 is 0 Å². The van der Waals surface area contributed by atoms with Gasteiger partial charge in [-0.15, -0.1) is 0 Å². The monoisotopic (exact) mass is 412 g/mol. The molecule has 1 atom stereocenters. The first-order valence-electron chi connectivity index (χ1n) is 8.00. The van der Waals surface area contributed by atoms with Crippen LogP contribution in [0.5, 0.6) is 0 Å². The number of hydrogen-bond acceptors (Lipinski definition) is 2. The second-order valence-corrected chi connectivity index (χ2v) is 7.73. The Balaban J connectivity index is 1.74. The lowest BCUT2D eigenvalue weighted by molar-refractivity contribution is 0.630. The molecule has 4 heteroatoms. The molecule has 1 heterocycles. The normalized spacial score (nSPS) is 19.6. The first-order chi connectivity index (χ1) is 10.2. The van der Waals surface area contributed by atoms with Crippen LogP contribution >= 0.6 is 31.9 Å². The van der Waals surface area contributed by atoms with Crippen LogP contribution in [0.15, 0.2) is 20.0 Å². The van der Waals surface area contributed by atoms with Crippen molar-refractivity contribution in [3.63, 3.8) is 0 Å². The molecule has 2 aliphatic rings. The highest BCUT2D eigenvalue weighted by atomic mass is 79.9. The van der Waals surface area contributed by atoms with Gasteiger partial charge >= 0.3 is 0 Å². The van der Waals surface area contributed by atoms with E-state index in [1.807, 2.05) is 0 Å². The molecule has 1 aliphatic carbocycles. The Morgan fingerprint density at radius 2 is 2.00 bits per heavy atom. The van der Waals surface area contributed by atoms with E-state index in [-0.39, 0.29) is 0 Å². The van der Waals surface area contributed by atoms with Crippen LogP contribution in [0.1, 0.15) is 62.0 Å². The molecule has 2 nitrogen and oxygen atoms in total. The summed E-state index contributed by atoms with van der Waals surface area (Å²) in [5.41, 5.74) is 11.2. The van der Waals surface area contributed by atoms with Crippen LogP contribution in [-0.2, 0) is 6.42 Å². The van der Waals surface area contributed by atoms with Gasteiger partial charge in [-0.3, -0.25) is 4.99 Å². The highest BCUT2D eigenvalue weighted by molar-refractivity contribution is 9.13. The van der Waals surface area contributed by atoms with Crippen LogP contribution < -0.4 is 5.73 Å². The molecule has 0 aromatic heterocycles. The summed E-state index contributed by atoms with van der Waals surface area (Å²) in [6.45, 7) is 0.820. The van der Waals surface area contributed by atoms with E-state index in [0.29, 0.717) is 5.92 Å². The maximum atomic E-state index is 5.55. The molecule has 0 spiro atoms. The maximum absolute atomic E-state index is 5.55. The number of unbranched alkanes of at least 4 members (excludes halogenated alkanes) is 3. The molecule has 0 saturated heterocycles. The average molecular weight is 414 g/mol. The molecule has 0 fully saturated rings. The average Bonchev–Trinajstić information content (AvgIpc) is 2.84. The highest BCUT2D eigenvalue weighted by Gasteiger charge is 2.33. The summed E-state index contributed by atoms with van der Waals surface area (Å²) in [6.07, 6.45) is 9.81. The molecular weight excluding hydrogens is 392 g/mol. The number of nitrogens with two attached hydrogens (primary N) is 1. The predicted octanol–water partition coefficient (Wildman–Crippen LogP) is 5.63. The SMILES string of the molecule is NCCCCCCC1=Nc2cc(Br)c(Br)c3c2C1CCC3. The molecule has 114 valence electrons. The molecule has 21 heavy (non-hydrogen) atoms. The topological polar surface area (TPSA) is 38.4 Å². The summed E-state index contributed by atoms with van der Waals surface area (Å²) in [5, 5.41) is 0. The fourth-order valence-corrected chi connectivity index (χ4v) is 4.61. The number of rotatable bonds is 6. The molecule has 1 aliphatic heterocycles. The van der Waals surface area contributed by atoms with Crippen molar-refractivity contribution in [1.29, 1.82) is 0 Å². The van der Waals surface area contributed by atoms with Gasteiger partial charge in [0.2, 0.25) is 0 Å². The van der Waals surface area contributed by atoms with Gasteiger partial charge in [0.1, 0.15) is 0 Å². The minimum atomic E-state index is 0.586. The lowest BCUT2D eigenvalue weighted by atomic mass is 9.80. The van der Waals surface area contributed by atoms with Gasteiger partial charge in [-0.2, -0.15) is 0 Å². The van der Waals surface area contributed by atoms with E-state index < -0.39 is 0 Å². The Morgan fingerprint density at radius 1 is 1.19 bits per heavy atom. The summed E-state index contributed by atoms with van der Waals surface area (Å²) < 4.78 is 2.38. The van der Waals surface area contributed by atoms with Crippen LogP contribution in [0.25, 0.3) is 0 Å². The summed E-state index contributed by atoms with van der Waals surface area (Å²) in [6, 6.07) is 2.18. The Labute approximate surface area is 143 Å². The number of aliphatic imine (C=N–C) groups is 1. The summed E-state index contributed by atoms with van der Waals surface area (Å²) in [4.78, 5) is 4.97. The second-order valence-electron chi connectivity index (χ2n) is 6.08. The van der Waals surface area contributed by atoms with E-state index in [9.17, 15) is 0 Å². The van der Waals surface area contributed by atoms with Crippen LogP contribution in [0.3, 0.4) is 0 Å². The van der Waals surface area contributed by atoms with E-state index in [1.165, 1.54) is 65.5 Å². The molecule has 0 radical (unpaired) electrons. The fourth-order valence-electron chi connectivity index (χ4n) is 3.63. The summed E-state index contributed by atoms with van der Waals surface area (Å²) in [7, 11) is 0. The van der Waals surface area contributed by atoms with Crippen molar-refractivity contribution in [2.24, 2.45) is 10.7 Å². The van der Waals surface area contributed by atoms with Crippen molar-refractivity contribution in [3.05, 3.63) is 26.1 Å². The van der Waals surface area contributed by atoms with Gasteiger partial charge in [-0.05, 0) is 94.1 Å². The molecule has 1 unspecified atom stereocenters. The second kappa shape index (κ2) is 6.93. The number of hydrogen-bond donors (Lipinski definition) is 1. The zero-order chi connectivity index (χ0) is 14.8. The largest absolute Gasteiger partial charge is 0.330 e. The summed E-state index contributed by atoms with van der Waals surface area (Å²) >= 11 is 7.40. The summed E-state index contributed by atoms with van der Waals surface area (Å²) in [5.74, 6) is 0.586. The standard InChI is InChI=1S/C17H22Br2N2/c18-13-10-15-16-11(6-5-7-12(16)17(13)19)14(21-15)8-3-1-2-4-9-20/h10-11H,1-9,20H2. The lowest BCUT2D eigenvalue weighted by Crippen LogP contribution is -2.15. The third-order valence-corrected chi connectivity index (χ3v) is 6.72. The molecular formula is C17H22Br2N2. The maximum Gasteiger partial charge on any atom is 0.0682 e. The molecule has 2 N–H and O–H groups in total. The van der Waals surface area contributed by atoms with Gasteiger partial charge in [0.15, 0.2) is 0 Å². The molecule has 0 saturated carbocycles. The fraction of sp³-hybridized carbons (Fsp3) is 0.588. The van der Waals surface area contributed by atoms with Crippen molar-refractivity contribution in [3.8, 4) is 0 Å². The van der Waals surface area contributed by atoms with Crippen LogP contribution in [-0.4, -0.2) is 12.3 Å². The van der Waals surface area contributed by atoms with E-state index in [0.717, 1.165) is 23.9 Å². The number of halogens is 2. The van der Waals surface area contributed by atoms with E-state index in [2.05, 4.69) is 37.9 Å². The van der Waals surface area contributed by atoms with Crippen LogP contribution in [0, 0.1) is 0 Å². The molecule has 0 bridgehead atoms. The van der Waals surface area contributed by atoms with E-state index in [1.54, 1.807) is 0 Å². The lowest BCUT2D eigenvalue weighted by Gasteiger charge is -2.24. The minimum Gasteiger partial charge on any atom is -0.330 e. The van der Waals surface area contributed by atoms with Crippen LogP contribution in [0.2, 0.25) is 0 Å². The van der Waals surface area contributed by atoms with Crippen molar-refractivity contribution in [1.82, 2.24) is 0 Å². The minimum absolute atomic E-state index is 0.586. The third kappa shape index (κ3) is 3.13. The number of benzene rings is 1. The van der Waals surface area contributed by atoms with Crippen molar-refractivity contribution in [2.45, 2.75) is 57.3 Å². The smallest absolute Gasteiger partial charge is 0.0682 e. The van der Waals surface area contributed by atoms with Gasteiger partial charge < -0.3 is 5.73 Å². The van der Waals surface area contributed by atoms with Crippen molar-refractivity contribution in [2.75, 3.05) is 6.54 Å². The highest BCUT2D eigenvalue weighted by Crippen LogP contribution is 2.49. The Hall–Kier alpha value is -0.190. The zero-order valence-electron chi connectivity index (χ0n) is 12.3. The molecule has 1 aromatic rings. The number of nitrogens with zero attached hydrogens (tertiary/aromatic N) is 1. The first-order valence-corrected chi connectivity index (χ1v) is 9.59. The van der Waals surface area contributed by atoms with Crippen molar-refractivity contribution < 1.29 is 0 Å². The van der Waals surface area contributed by atoms with Gasteiger partial charge in [0.05, 0.1) is 5.69 Å². The first kappa shape index (κ1) is 15.7. The Kier molecular flexibility index (Phi) is 5.18. The quantitative estimate of drug-likeness (QED) is 0.603. The van der Waals surface area contributed by atoms with E-state index in [4.69, 9.17) is 10.7 Å². The van der Waals surface area contributed by atoms with Gasteiger partial charge in [0.25, 0.3) is 0 Å². The van der Waals surface area contributed by atoms with Crippen molar-refractivity contribution >= 4 is 43.3 Å². The molecule has 1 aromatic carbocycles. The molecule has 0 amide bonds. The zero-order valence-corrected chi connectivity index (χ0v) is 15.5. The molecule has 3 rings (SSSR count). The predicted molar refractivity (Wildman–Crippen MR) is 96.8 cm³/mol. The Bertz CT molecular complexity index is 566. The third-order valence-electron chi connectivity index (χ3n) is 4.66. The van der Waals surface area contributed by atoms with Gasteiger partial charge in [-0.1, -0.05) is 12.8 Å². The van der Waals surface area contributed by atoms with Gasteiger partial charge in [-0.25, -0.2) is 0 Å². The van der Waals surface area contributed by atoms with Crippen LogP contribution in [0.4, 0.5) is 5.69 Å². The van der Waals surface area contributed by atoms with Gasteiger partial charge in [0, 0.05) is 20.6 Å². The Morgan fingerprint density at radius 3 is 2.81 bits per heavy atom.